The van der Waals surface area contributed by atoms with Crippen molar-refractivity contribution in [2.75, 3.05) is 0 Å². The van der Waals surface area contributed by atoms with Gasteiger partial charge in [0.05, 0.1) is 0 Å². The van der Waals surface area contributed by atoms with Crippen LogP contribution in [-0.4, -0.2) is 0 Å². The minimum Gasteiger partial charge on any atom is -0.184 e. The van der Waals surface area contributed by atoms with Crippen LogP contribution in [0, 0.1) is 18.2 Å². The van der Waals surface area contributed by atoms with Crippen molar-refractivity contribution in [2.24, 2.45) is 0 Å². The molecule has 3 rings (SSSR count). The van der Waals surface area contributed by atoms with Gasteiger partial charge in [-0.15, -0.1) is 0 Å². The fourth-order valence-electron chi connectivity index (χ4n) is 1.03. The van der Waals surface area contributed by atoms with Crippen molar-refractivity contribution >= 4 is 0 Å². The van der Waals surface area contributed by atoms with Gasteiger partial charge in [-0.3, -0.25) is 0 Å². The Morgan fingerprint density at radius 1 is 0.316 bits per heavy atom. The summed E-state index contributed by atoms with van der Waals surface area (Å²) in [7, 11) is 0. The smallest absolute Gasteiger partial charge is 0.184 e. The van der Waals surface area contributed by atoms with Gasteiger partial charge in [0.1, 0.15) is 0 Å². The Balaban J connectivity index is 0.000000249. The first-order valence-corrected chi connectivity index (χ1v) is 5.73. The molecule has 19 heavy (non-hydrogen) atoms. The van der Waals surface area contributed by atoms with Crippen LogP contribution in [0.25, 0.3) is 0 Å². The summed E-state index contributed by atoms with van der Waals surface area (Å²) in [5, 5.41) is 0. The van der Waals surface area contributed by atoms with E-state index in [4.69, 9.17) is 0 Å². The maximum absolute atomic E-state index is 2.89. The molecule has 0 saturated heterocycles. The van der Waals surface area contributed by atoms with Gasteiger partial charge >= 0.3 is 26.2 Å². The molecular weight excluding hydrogens is 307 g/mol. The van der Waals surface area contributed by atoms with E-state index < -0.39 is 0 Å². The van der Waals surface area contributed by atoms with Gasteiger partial charge < -0.3 is 0 Å². The first-order valence-electron chi connectivity index (χ1n) is 5.73. The van der Waals surface area contributed by atoms with Crippen molar-refractivity contribution in [3.8, 4) is 0 Å². The predicted octanol–water partition coefficient (Wildman–Crippen LogP) is 4.46. The van der Waals surface area contributed by atoms with Crippen molar-refractivity contribution in [1.29, 1.82) is 0 Å². The van der Waals surface area contributed by atoms with Crippen LogP contribution in [0.2, 0.25) is 0 Å². The topological polar surface area (TPSA) is 0 Å². The maximum atomic E-state index is 2.89. The van der Waals surface area contributed by atoms with E-state index >= 15 is 0 Å². The van der Waals surface area contributed by atoms with E-state index in [0.717, 1.165) is 0 Å². The number of hydrogen-bond donors (Lipinski definition) is 0. The molecule has 1 heteroatoms. The molecule has 3 aromatic carbocycles. The van der Waals surface area contributed by atoms with Crippen LogP contribution in [0.5, 0.6) is 0 Å². The third-order valence-corrected chi connectivity index (χ3v) is 1.82. The molecular formula is C18H15Zr. The summed E-state index contributed by atoms with van der Waals surface area (Å²) in [5.41, 5.74) is 0. The van der Waals surface area contributed by atoms with E-state index in [9.17, 15) is 0 Å². The van der Waals surface area contributed by atoms with Crippen molar-refractivity contribution in [3.05, 3.63) is 109 Å². The average molecular weight is 323 g/mol. The second-order valence-corrected chi connectivity index (χ2v) is 3.23. The Hall–Kier alpha value is -1.46. The van der Waals surface area contributed by atoms with Crippen molar-refractivity contribution in [2.45, 2.75) is 0 Å². The van der Waals surface area contributed by atoms with Crippen LogP contribution in [0.4, 0.5) is 0 Å². The number of rotatable bonds is 0. The van der Waals surface area contributed by atoms with E-state index in [-0.39, 0.29) is 26.2 Å². The van der Waals surface area contributed by atoms with Crippen LogP contribution in [0.1, 0.15) is 0 Å². The van der Waals surface area contributed by atoms with Crippen molar-refractivity contribution < 1.29 is 26.2 Å². The summed E-state index contributed by atoms with van der Waals surface area (Å²) >= 11 is 0. The Morgan fingerprint density at radius 3 is 0.579 bits per heavy atom. The second kappa shape index (κ2) is 14.6. The minimum absolute atomic E-state index is 0. The molecule has 91 valence electrons. The standard InChI is InChI=1S/3C6H5.Zr/c3*1-2-4-6-5-3-1;/h3*1-5H;/q3*-1;+3. The Morgan fingerprint density at radius 2 is 0.526 bits per heavy atom. The largest absolute Gasteiger partial charge is 3.00 e. The quantitative estimate of drug-likeness (QED) is 0.536. The van der Waals surface area contributed by atoms with Gasteiger partial charge in [-0.1, -0.05) is 0 Å². The Bertz CT molecular complexity index is 296. The normalized spacial score (nSPS) is 7.58. The summed E-state index contributed by atoms with van der Waals surface area (Å²) in [6, 6.07) is 37.5. The fraction of sp³-hybridized carbons (Fsp3) is 0. The molecule has 0 fully saturated rings. The zero-order valence-corrected chi connectivity index (χ0v) is 13.1. The van der Waals surface area contributed by atoms with Crippen molar-refractivity contribution in [1.82, 2.24) is 0 Å². The molecule has 0 aromatic heterocycles. The van der Waals surface area contributed by atoms with Crippen LogP contribution >= 0.6 is 0 Å². The molecule has 0 N–H and O–H groups in total. The third kappa shape index (κ3) is 12.8. The molecule has 0 heterocycles. The van der Waals surface area contributed by atoms with Gasteiger partial charge in [0.2, 0.25) is 0 Å². The van der Waals surface area contributed by atoms with Crippen LogP contribution in [0.3, 0.4) is 0 Å². The molecule has 0 amide bonds. The molecule has 0 aliphatic heterocycles. The zero-order valence-electron chi connectivity index (χ0n) is 10.7. The van der Waals surface area contributed by atoms with Crippen LogP contribution < -0.4 is 0 Å². The zero-order chi connectivity index (χ0) is 12.7. The first-order chi connectivity index (χ1) is 9.00. The minimum atomic E-state index is 0. The first kappa shape index (κ1) is 17.5. The second-order valence-electron chi connectivity index (χ2n) is 3.23. The van der Waals surface area contributed by atoms with E-state index in [1.807, 2.05) is 91.0 Å². The van der Waals surface area contributed by atoms with Crippen LogP contribution in [0.15, 0.2) is 91.0 Å². The number of hydrogen-bond acceptors (Lipinski definition) is 0. The molecule has 1 radical (unpaired) electrons. The van der Waals surface area contributed by atoms with Crippen LogP contribution in [-0.2, 0) is 26.2 Å². The van der Waals surface area contributed by atoms with Crippen molar-refractivity contribution in [3.63, 3.8) is 0 Å². The van der Waals surface area contributed by atoms with Gasteiger partial charge in [-0.2, -0.15) is 109 Å². The molecule has 0 bridgehead atoms. The van der Waals surface area contributed by atoms with Gasteiger partial charge in [0, 0.05) is 0 Å². The molecule has 0 saturated carbocycles. The summed E-state index contributed by atoms with van der Waals surface area (Å²) < 4.78 is 0. The summed E-state index contributed by atoms with van der Waals surface area (Å²) in [4.78, 5) is 0. The van der Waals surface area contributed by atoms with Gasteiger partial charge in [-0.25, -0.2) is 0 Å². The summed E-state index contributed by atoms with van der Waals surface area (Å²) in [6.07, 6.45) is 0. The molecule has 0 aliphatic rings. The number of benzene rings is 3. The molecule has 0 aliphatic carbocycles. The summed E-state index contributed by atoms with van der Waals surface area (Å²) in [6.45, 7) is 0. The van der Waals surface area contributed by atoms with E-state index in [1.54, 1.807) is 0 Å². The molecule has 0 nitrogen and oxygen atoms in total. The van der Waals surface area contributed by atoms with E-state index in [0.29, 0.717) is 0 Å². The van der Waals surface area contributed by atoms with E-state index in [2.05, 4.69) is 18.2 Å². The van der Waals surface area contributed by atoms with Gasteiger partial charge in [0.25, 0.3) is 0 Å². The molecule has 0 unspecified atom stereocenters. The fourth-order valence-corrected chi connectivity index (χ4v) is 1.03. The summed E-state index contributed by atoms with van der Waals surface area (Å²) in [5.74, 6) is 0. The Labute approximate surface area is 135 Å². The molecule has 3 aromatic rings. The predicted molar refractivity (Wildman–Crippen MR) is 75.8 cm³/mol. The third-order valence-electron chi connectivity index (χ3n) is 1.82. The van der Waals surface area contributed by atoms with E-state index in [1.165, 1.54) is 0 Å². The SMILES string of the molecule is [Zr+3].[c-]1ccccc1.[c-]1ccccc1.[c-]1ccccc1. The Kier molecular flexibility index (Phi) is 13.5. The van der Waals surface area contributed by atoms with Gasteiger partial charge in [-0.05, 0) is 0 Å². The molecule has 0 atom stereocenters. The maximum Gasteiger partial charge on any atom is 3.00 e. The average Bonchev–Trinajstić information content (AvgIpc) is 2.54. The molecule has 0 spiro atoms. The monoisotopic (exact) mass is 321 g/mol. The van der Waals surface area contributed by atoms with Gasteiger partial charge in [0.15, 0.2) is 0 Å².